The van der Waals surface area contributed by atoms with Crippen LogP contribution in [0.1, 0.15) is 46.0 Å². The normalized spacial score (nSPS) is 25.5. The maximum atomic E-state index is 11.3. The molecule has 1 rings (SSSR count). The Morgan fingerprint density at radius 1 is 1.40 bits per heavy atom. The molecule has 2 nitrogen and oxygen atoms in total. The fourth-order valence-electron chi connectivity index (χ4n) is 1.90. The summed E-state index contributed by atoms with van der Waals surface area (Å²) in [7, 11) is 1.65. The zero-order valence-corrected chi connectivity index (χ0v) is 10.7. The van der Waals surface area contributed by atoms with Crippen molar-refractivity contribution in [2.24, 2.45) is 0 Å². The van der Waals surface area contributed by atoms with Crippen LogP contribution in [-0.4, -0.2) is 17.0 Å². The molecular formula is C12H20O2S. The largest absolute Gasteiger partial charge is 0.499 e. The van der Waals surface area contributed by atoms with Gasteiger partial charge >= 0.3 is 0 Å². The molecule has 86 valence electrons. The van der Waals surface area contributed by atoms with Crippen LogP contribution in [0.4, 0.5) is 0 Å². The number of methoxy groups -OCH3 is 1. The molecule has 0 radical (unpaired) electrons. The quantitative estimate of drug-likeness (QED) is 0.651. The molecule has 0 N–H and O–H groups in total. The van der Waals surface area contributed by atoms with E-state index in [1.54, 1.807) is 13.2 Å². The smallest absolute Gasteiger partial charge is 0.216 e. The molecule has 0 saturated heterocycles. The number of thioether (sulfide) groups is 1. The van der Waals surface area contributed by atoms with E-state index in [1.165, 1.54) is 37.4 Å². The lowest BCUT2D eigenvalue weighted by molar-refractivity contribution is -0.107. The Hall–Kier alpha value is -0.440. The van der Waals surface area contributed by atoms with Gasteiger partial charge in [0.1, 0.15) is 5.76 Å². The zero-order chi connectivity index (χ0) is 11.3. The molecular weight excluding hydrogens is 208 g/mol. The Balaban J connectivity index is 2.45. The standard InChI is InChI=1S/C12H20O2S/c1-4-5-6-7-8-12(2)10(14-3)9-11(13)15-12/h9H,4-8H2,1-3H3/t12-/m1/s1. The van der Waals surface area contributed by atoms with Crippen molar-refractivity contribution in [3.8, 4) is 0 Å². The van der Waals surface area contributed by atoms with Crippen LogP contribution in [0.5, 0.6) is 0 Å². The predicted octanol–water partition coefficient (Wildman–Crippen LogP) is 3.52. The summed E-state index contributed by atoms with van der Waals surface area (Å²) in [6.45, 7) is 4.31. The third-order valence-corrected chi connectivity index (χ3v) is 4.00. The predicted molar refractivity (Wildman–Crippen MR) is 64.9 cm³/mol. The van der Waals surface area contributed by atoms with Crippen LogP contribution in [0.25, 0.3) is 0 Å². The van der Waals surface area contributed by atoms with E-state index in [2.05, 4.69) is 13.8 Å². The summed E-state index contributed by atoms with van der Waals surface area (Å²) < 4.78 is 5.16. The number of rotatable bonds is 6. The van der Waals surface area contributed by atoms with E-state index >= 15 is 0 Å². The molecule has 3 heteroatoms. The number of hydrogen-bond donors (Lipinski definition) is 0. The Morgan fingerprint density at radius 2 is 2.13 bits per heavy atom. The van der Waals surface area contributed by atoms with E-state index in [0.717, 1.165) is 12.2 Å². The fraction of sp³-hybridized carbons (Fsp3) is 0.750. The highest BCUT2D eigenvalue weighted by molar-refractivity contribution is 8.15. The molecule has 0 unspecified atom stereocenters. The Labute approximate surface area is 96.5 Å². The van der Waals surface area contributed by atoms with Crippen LogP contribution in [0, 0.1) is 0 Å². The van der Waals surface area contributed by atoms with Gasteiger partial charge in [0.05, 0.1) is 11.9 Å². The van der Waals surface area contributed by atoms with Crippen molar-refractivity contribution in [2.45, 2.75) is 50.7 Å². The molecule has 0 fully saturated rings. The molecule has 0 amide bonds. The van der Waals surface area contributed by atoms with Gasteiger partial charge in [0, 0.05) is 6.08 Å². The number of carbonyl (C=O) groups is 1. The number of hydrogen-bond acceptors (Lipinski definition) is 3. The van der Waals surface area contributed by atoms with Crippen molar-refractivity contribution in [3.63, 3.8) is 0 Å². The second kappa shape index (κ2) is 5.59. The maximum absolute atomic E-state index is 11.3. The van der Waals surface area contributed by atoms with E-state index in [9.17, 15) is 4.79 Å². The summed E-state index contributed by atoms with van der Waals surface area (Å²) in [6.07, 6.45) is 7.60. The van der Waals surface area contributed by atoms with Crippen molar-refractivity contribution < 1.29 is 9.53 Å². The minimum atomic E-state index is -0.112. The summed E-state index contributed by atoms with van der Waals surface area (Å²) in [5.74, 6) is 0.842. The SMILES string of the molecule is CCCCCC[C@@]1(C)SC(=O)C=C1OC. The van der Waals surface area contributed by atoms with E-state index in [1.807, 2.05) is 0 Å². The van der Waals surface area contributed by atoms with Crippen molar-refractivity contribution >= 4 is 16.9 Å². The molecule has 1 heterocycles. The van der Waals surface area contributed by atoms with E-state index in [0.29, 0.717) is 0 Å². The summed E-state index contributed by atoms with van der Waals surface area (Å²) >= 11 is 1.40. The molecule has 15 heavy (non-hydrogen) atoms. The van der Waals surface area contributed by atoms with Gasteiger partial charge in [-0.15, -0.1) is 0 Å². The first-order chi connectivity index (χ1) is 7.12. The van der Waals surface area contributed by atoms with Crippen molar-refractivity contribution in [2.75, 3.05) is 7.11 Å². The molecule has 0 aromatic carbocycles. The van der Waals surface area contributed by atoms with Crippen LogP contribution in [0.15, 0.2) is 11.8 Å². The van der Waals surface area contributed by atoms with Crippen LogP contribution in [-0.2, 0) is 9.53 Å². The maximum Gasteiger partial charge on any atom is 0.216 e. The fourth-order valence-corrected chi connectivity index (χ4v) is 3.00. The average molecular weight is 228 g/mol. The highest BCUT2D eigenvalue weighted by atomic mass is 32.2. The van der Waals surface area contributed by atoms with Gasteiger partial charge in [-0.3, -0.25) is 4.79 Å². The first kappa shape index (κ1) is 12.6. The van der Waals surface area contributed by atoms with E-state index in [4.69, 9.17) is 4.74 Å². The number of unbranched alkanes of at least 4 members (excludes halogenated alkanes) is 3. The third kappa shape index (κ3) is 3.26. The van der Waals surface area contributed by atoms with Crippen LogP contribution < -0.4 is 0 Å². The molecule has 0 saturated carbocycles. The van der Waals surface area contributed by atoms with Gasteiger partial charge in [-0.05, 0) is 13.3 Å². The highest BCUT2D eigenvalue weighted by Gasteiger charge is 2.38. The molecule has 0 aromatic heterocycles. The monoisotopic (exact) mass is 228 g/mol. The molecule has 0 aromatic rings. The van der Waals surface area contributed by atoms with Gasteiger partial charge in [0.25, 0.3) is 0 Å². The highest BCUT2D eigenvalue weighted by Crippen LogP contribution is 2.43. The van der Waals surface area contributed by atoms with Gasteiger partial charge in [-0.2, -0.15) is 0 Å². The van der Waals surface area contributed by atoms with Crippen LogP contribution in [0.3, 0.4) is 0 Å². The molecule has 0 spiro atoms. The van der Waals surface area contributed by atoms with Gasteiger partial charge in [-0.1, -0.05) is 44.4 Å². The van der Waals surface area contributed by atoms with Gasteiger partial charge in [0.2, 0.25) is 5.12 Å². The lowest BCUT2D eigenvalue weighted by Gasteiger charge is -2.24. The first-order valence-corrected chi connectivity index (χ1v) is 6.43. The lowest BCUT2D eigenvalue weighted by atomic mass is 9.99. The molecule has 1 aliphatic heterocycles. The Kier molecular flexibility index (Phi) is 4.71. The molecule has 1 aliphatic rings. The van der Waals surface area contributed by atoms with Crippen LogP contribution >= 0.6 is 11.8 Å². The minimum absolute atomic E-state index is 0.112. The van der Waals surface area contributed by atoms with Crippen LogP contribution in [0.2, 0.25) is 0 Å². The minimum Gasteiger partial charge on any atom is -0.499 e. The summed E-state index contributed by atoms with van der Waals surface area (Å²) in [4.78, 5) is 11.3. The van der Waals surface area contributed by atoms with Gasteiger partial charge < -0.3 is 4.74 Å². The third-order valence-electron chi connectivity index (χ3n) is 2.82. The molecule has 1 atom stereocenters. The number of ether oxygens (including phenoxy) is 1. The second-order valence-corrected chi connectivity index (χ2v) is 5.68. The van der Waals surface area contributed by atoms with Crippen molar-refractivity contribution in [3.05, 3.63) is 11.8 Å². The summed E-state index contributed by atoms with van der Waals surface area (Å²) in [6, 6.07) is 0. The van der Waals surface area contributed by atoms with Crippen molar-refractivity contribution in [1.82, 2.24) is 0 Å². The summed E-state index contributed by atoms with van der Waals surface area (Å²) in [5.41, 5.74) is 0. The second-order valence-electron chi connectivity index (χ2n) is 4.18. The molecule has 0 aliphatic carbocycles. The zero-order valence-electron chi connectivity index (χ0n) is 9.84. The Bertz CT molecular complexity index is 260. The average Bonchev–Trinajstić information content (AvgIpc) is 2.49. The number of carbonyl (C=O) groups excluding carboxylic acids is 1. The lowest BCUT2D eigenvalue weighted by Crippen LogP contribution is -2.21. The summed E-state index contributed by atoms with van der Waals surface area (Å²) in [5, 5.41) is 0.129. The van der Waals surface area contributed by atoms with E-state index < -0.39 is 0 Å². The van der Waals surface area contributed by atoms with Gasteiger partial charge in [0.15, 0.2) is 0 Å². The van der Waals surface area contributed by atoms with Gasteiger partial charge in [-0.25, -0.2) is 0 Å². The Morgan fingerprint density at radius 3 is 2.73 bits per heavy atom. The van der Waals surface area contributed by atoms with Crippen molar-refractivity contribution in [1.29, 1.82) is 0 Å². The molecule has 0 bridgehead atoms. The first-order valence-electron chi connectivity index (χ1n) is 5.61. The van der Waals surface area contributed by atoms with E-state index in [-0.39, 0.29) is 9.86 Å². The topological polar surface area (TPSA) is 26.3 Å².